The second kappa shape index (κ2) is 6.73. The third-order valence-electron chi connectivity index (χ3n) is 4.00. The molecule has 1 aliphatic heterocycles. The molecule has 1 aliphatic rings. The molecule has 2 atom stereocenters. The van der Waals surface area contributed by atoms with Crippen LogP contribution in [0.3, 0.4) is 0 Å². The first-order valence-electron chi connectivity index (χ1n) is 6.90. The fourth-order valence-corrected chi connectivity index (χ4v) is 3.14. The average Bonchev–Trinajstić information content (AvgIpc) is 2.43. The first-order valence-corrected chi connectivity index (χ1v) is 7.70. The summed E-state index contributed by atoms with van der Waals surface area (Å²) in [6.07, 6.45) is 2.47. The Bertz CT molecular complexity index is 425. The maximum atomic E-state index is 5.93. The van der Waals surface area contributed by atoms with E-state index in [2.05, 4.69) is 39.9 Å². The van der Waals surface area contributed by atoms with Gasteiger partial charge in [0, 0.05) is 23.6 Å². The number of methoxy groups -OCH3 is 1. The zero-order valence-electron chi connectivity index (χ0n) is 11.7. The molecule has 0 spiro atoms. The van der Waals surface area contributed by atoms with Crippen LogP contribution in [0, 0.1) is 5.92 Å². The Hall–Kier alpha value is -0.580. The molecule has 1 aromatic rings. The summed E-state index contributed by atoms with van der Waals surface area (Å²) in [5.41, 5.74) is 7.20. The van der Waals surface area contributed by atoms with Crippen molar-refractivity contribution < 1.29 is 4.74 Å². The van der Waals surface area contributed by atoms with Gasteiger partial charge in [0.05, 0.1) is 7.11 Å². The van der Waals surface area contributed by atoms with E-state index in [9.17, 15) is 0 Å². The molecule has 0 bridgehead atoms. The smallest absolute Gasteiger partial charge is 0.119 e. The number of nitrogens with two attached hydrogens (primary N) is 1. The topological polar surface area (TPSA) is 38.5 Å². The molecule has 0 saturated carbocycles. The first-order chi connectivity index (χ1) is 9.13. The highest BCUT2D eigenvalue weighted by Gasteiger charge is 2.25. The van der Waals surface area contributed by atoms with Crippen molar-refractivity contribution in [2.45, 2.75) is 32.4 Å². The molecule has 0 aliphatic carbocycles. The average molecular weight is 327 g/mol. The molecule has 0 radical (unpaired) electrons. The number of nitrogens with zero attached hydrogens (tertiary/aromatic N) is 1. The monoisotopic (exact) mass is 326 g/mol. The van der Waals surface area contributed by atoms with Gasteiger partial charge in [0.2, 0.25) is 0 Å². The minimum absolute atomic E-state index is 0.502. The summed E-state index contributed by atoms with van der Waals surface area (Å²) in [6, 6.07) is 6.64. The van der Waals surface area contributed by atoms with Crippen molar-refractivity contribution in [3.63, 3.8) is 0 Å². The lowest BCUT2D eigenvalue weighted by atomic mass is 9.92. The van der Waals surface area contributed by atoms with Crippen molar-refractivity contribution in [1.29, 1.82) is 0 Å². The minimum Gasteiger partial charge on any atom is -0.497 e. The lowest BCUT2D eigenvalue weighted by molar-refractivity contribution is 0.115. The van der Waals surface area contributed by atoms with Crippen LogP contribution in [0.1, 0.15) is 25.3 Å². The SMILES string of the molecule is COc1ccc(Br)c(CN2CCC(C)CC2CN)c1. The van der Waals surface area contributed by atoms with E-state index in [4.69, 9.17) is 10.5 Å². The zero-order chi connectivity index (χ0) is 13.8. The summed E-state index contributed by atoms with van der Waals surface area (Å²) in [5.74, 6) is 1.70. The Morgan fingerprint density at radius 2 is 2.26 bits per heavy atom. The van der Waals surface area contributed by atoms with Gasteiger partial charge in [0.25, 0.3) is 0 Å². The van der Waals surface area contributed by atoms with Gasteiger partial charge in [-0.25, -0.2) is 0 Å². The fraction of sp³-hybridized carbons (Fsp3) is 0.600. The molecule has 1 fully saturated rings. The van der Waals surface area contributed by atoms with Crippen molar-refractivity contribution in [2.24, 2.45) is 11.7 Å². The van der Waals surface area contributed by atoms with Crippen LogP contribution in [0.2, 0.25) is 0 Å². The van der Waals surface area contributed by atoms with E-state index in [0.717, 1.165) is 35.8 Å². The molecule has 1 heterocycles. The maximum Gasteiger partial charge on any atom is 0.119 e. The van der Waals surface area contributed by atoms with E-state index >= 15 is 0 Å². The largest absolute Gasteiger partial charge is 0.497 e. The highest BCUT2D eigenvalue weighted by Crippen LogP contribution is 2.28. The van der Waals surface area contributed by atoms with Crippen LogP contribution in [0.15, 0.2) is 22.7 Å². The van der Waals surface area contributed by atoms with E-state index in [1.807, 2.05) is 6.07 Å². The molecule has 3 nitrogen and oxygen atoms in total. The fourth-order valence-electron chi connectivity index (χ4n) is 2.77. The second-order valence-corrected chi connectivity index (χ2v) is 6.30. The van der Waals surface area contributed by atoms with Crippen molar-refractivity contribution in [2.75, 3.05) is 20.2 Å². The van der Waals surface area contributed by atoms with Crippen LogP contribution < -0.4 is 10.5 Å². The highest BCUT2D eigenvalue weighted by molar-refractivity contribution is 9.10. The Kier molecular flexibility index (Phi) is 5.25. The molecular weight excluding hydrogens is 304 g/mol. The van der Waals surface area contributed by atoms with Gasteiger partial charge < -0.3 is 10.5 Å². The Balaban J connectivity index is 2.11. The standard InChI is InChI=1S/C15H23BrN2O/c1-11-5-6-18(13(7-11)9-17)10-12-8-14(19-2)3-4-15(12)16/h3-4,8,11,13H,5-7,9-10,17H2,1-2H3. The van der Waals surface area contributed by atoms with Crippen LogP contribution in [-0.4, -0.2) is 31.1 Å². The quantitative estimate of drug-likeness (QED) is 0.924. The third kappa shape index (κ3) is 3.71. The van der Waals surface area contributed by atoms with Crippen molar-refractivity contribution >= 4 is 15.9 Å². The first kappa shape index (κ1) is 14.8. The van der Waals surface area contributed by atoms with Gasteiger partial charge in [0.1, 0.15) is 5.75 Å². The summed E-state index contributed by atoms with van der Waals surface area (Å²) in [7, 11) is 1.71. The highest BCUT2D eigenvalue weighted by atomic mass is 79.9. The maximum absolute atomic E-state index is 5.93. The van der Waals surface area contributed by atoms with Crippen LogP contribution in [0.5, 0.6) is 5.75 Å². The summed E-state index contributed by atoms with van der Waals surface area (Å²) < 4.78 is 6.45. The number of hydrogen-bond acceptors (Lipinski definition) is 3. The minimum atomic E-state index is 0.502. The Morgan fingerprint density at radius 1 is 1.47 bits per heavy atom. The molecule has 1 saturated heterocycles. The van der Waals surface area contributed by atoms with E-state index in [1.165, 1.54) is 18.4 Å². The second-order valence-electron chi connectivity index (χ2n) is 5.45. The predicted molar refractivity (Wildman–Crippen MR) is 82.3 cm³/mol. The number of piperidine rings is 1. The normalized spacial score (nSPS) is 24.4. The molecule has 2 rings (SSSR count). The number of benzene rings is 1. The third-order valence-corrected chi connectivity index (χ3v) is 4.77. The number of halogens is 1. The van der Waals surface area contributed by atoms with E-state index < -0.39 is 0 Å². The predicted octanol–water partition coefficient (Wildman–Crippen LogP) is 3.02. The van der Waals surface area contributed by atoms with Crippen LogP contribution in [0.4, 0.5) is 0 Å². The summed E-state index contributed by atoms with van der Waals surface area (Å²) in [4.78, 5) is 2.50. The molecule has 0 amide bonds. The van der Waals surface area contributed by atoms with Crippen molar-refractivity contribution in [3.05, 3.63) is 28.2 Å². The van der Waals surface area contributed by atoms with Gasteiger partial charge in [0.15, 0.2) is 0 Å². The molecule has 106 valence electrons. The summed E-state index contributed by atoms with van der Waals surface area (Å²) in [6.45, 7) is 5.13. The lowest BCUT2D eigenvalue weighted by Gasteiger charge is -2.38. The van der Waals surface area contributed by atoms with E-state index in [-0.39, 0.29) is 0 Å². The number of likely N-dealkylation sites (tertiary alicyclic amines) is 1. The van der Waals surface area contributed by atoms with Crippen LogP contribution in [0.25, 0.3) is 0 Å². The van der Waals surface area contributed by atoms with Gasteiger partial charge in [-0.2, -0.15) is 0 Å². The van der Waals surface area contributed by atoms with Crippen LogP contribution in [-0.2, 0) is 6.54 Å². The Labute approximate surface area is 124 Å². The molecule has 4 heteroatoms. The summed E-state index contributed by atoms with van der Waals surface area (Å²) >= 11 is 3.63. The molecule has 2 N–H and O–H groups in total. The van der Waals surface area contributed by atoms with Crippen molar-refractivity contribution in [3.8, 4) is 5.75 Å². The van der Waals surface area contributed by atoms with Crippen LogP contribution >= 0.6 is 15.9 Å². The van der Waals surface area contributed by atoms with Gasteiger partial charge in [-0.3, -0.25) is 4.90 Å². The van der Waals surface area contributed by atoms with Crippen molar-refractivity contribution in [1.82, 2.24) is 4.90 Å². The molecular formula is C15H23BrN2O. The summed E-state index contributed by atoms with van der Waals surface area (Å²) in [5, 5.41) is 0. The number of ether oxygens (including phenoxy) is 1. The zero-order valence-corrected chi connectivity index (χ0v) is 13.3. The van der Waals surface area contributed by atoms with E-state index in [1.54, 1.807) is 7.11 Å². The molecule has 1 aromatic carbocycles. The van der Waals surface area contributed by atoms with Gasteiger partial charge >= 0.3 is 0 Å². The number of rotatable bonds is 4. The Morgan fingerprint density at radius 3 is 2.95 bits per heavy atom. The van der Waals surface area contributed by atoms with E-state index in [0.29, 0.717) is 6.04 Å². The number of hydrogen-bond donors (Lipinski definition) is 1. The van der Waals surface area contributed by atoms with Gasteiger partial charge in [-0.15, -0.1) is 0 Å². The van der Waals surface area contributed by atoms with Gasteiger partial charge in [-0.1, -0.05) is 22.9 Å². The molecule has 2 unspecified atom stereocenters. The lowest BCUT2D eigenvalue weighted by Crippen LogP contribution is -2.45. The molecule has 0 aromatic heterocycles. The molecule has 19 heavy (non-hydrogen) atoms. The van der Waals surface area contributed by atoms with Gasteiger partial charge in [-0.05, 0) is 49.1 Å².